The molecule has 0 amide bonds. The maximum Gasteiger partial charge on any atom is 0.459 e. The predicted molar refractivity (Wildman–Crippen MR) is 176 cm³/mol. The molecule has 49 heavy (non-hydrogen) atoms. The number of para-hydroxylation sites is 1. The van der Waals surface area contributed by atoms with Crippen LogP contribution in [0.3, 0.4) is 0 Å². The SMILES string of the molecule is CC(C)C(=O)O[C@H]1[C@@H](OC(=O)C(C)C)[C@](C)(c2ccc3c(N)ncnn23)O[C@@H]1COP(=O)(N[C@@H](C)C(=O)OC1CCC1)Oc1ccccc1. The average molecular weight is 702 g/mol. The van der Waals surface area contributed by atoms with Gasteiger partial charge < -0.3 is 29.2 Å². The lowest BCUT2D eigenvalue weighted by molar-refractivity contribution is -0.175. The third-order valence-corrected chi connectivity index (χ3v) is 10.1. The lowest BCUT2D eigenvalue weighted by atomic mass is 9.92. The molecule has 0 radical (unpaired) electrons. The third-order valence-electron chi connectivity index (χ3n) is 8.45. The van der Waals surface area contributed by atoms with Crippen LogP contribution in [0.5, 0.6) is 5.75 Å². The van der Waals surface area contributed by atoms with Crippen molar-refractivity contribution in [2.24, 2.45) is 11.8 Å². The standard InChI is InChI=1S/C33H44N5O10P/c1-19(2)30(39)45-27-25(17-43-49(42,48-23-11-8-7-9-12-23)37-21(5)32(41)44-22-13-10-14-22)47-33(6,28(27)46-31(40)20(3)4)26-16-15-24-29(34)35-18-36-38(24)26/h7-9,11-12,15-16,18-22,25,27-28H,10,13-14,17H2,1-6H3,(H,37,42)(H2,34,35,36)/t21-,25+,27+,28+,33-,49?/m0/s1. The van der Waals surface area contributed by atoms with E-state index in [1.165, 1.54) is 17.8 Å². The Kier molecular flexibility index (Phi) is 11.0. The Morgan fingerprint density at radius 1 is 1.00 bits per heavy atom. The van der Waals surface area contributed by atoms with Crippen LogP contribution < -0.4 is 15.3 Å². The molecule has 1 saturated heterocycles. The van der Waals surface area contributed by atoms with E-state index in [0.717, 1.165) is 19.3 Å². The number of nitrogens with zero attached hydrogens (tertiary/aromatic N) is 3. The number of benzene rings is 1. The first-order valence-corrected chi connectivity index (χ1v) is 17.9. The molecule has 3 heterocycles. The molecule has 2 fully saturated rings. The number of ether oxygens (including phenoxy) is 4. The summed E-state index contributed by atoms with van der Waals surface area (Å²) >= 11 is 0. The molecule has 0 spiro atoms. The highest BCUT2D eigenvalue weighted by molar-refractivity contribution is 7.52. The summed E-state index contributed by atoms with van der Waals surface area (Å²) in [6.45, 7) is 9.34. The van der Waals surface area contributed by atoms with E-state index < -0.39 is 74.1 Å². The molecule has 15 nitrogen and oxygen atoms in total. The van der Waals surface area contributed by atoms with Crippen molar-refractivity contribution in [2.75, 3.05) is 12.3 Å². The molecule has 266 valence electrons. The minimum Gasteiger partial charge on any atom is -0.461 e. The van der Waals surface area contributed by atoms with Gasteiger partial charge in [-0.2, -0.15) is 10.2 Å². The van der Waals surface area contributed by atoms with Gasteiger partial charge in [0.15, 0.2) is 18.0 Å². The molecular weight excluding hydrogens is 657 g/mol. The zero-order valence-electron chi connectivity index (χ0n) is 28.4. The molecule has 2 aromatic heterocycles. The minimum absolute atomic E-state index is 0.190. The molecule has 1 aliphatic carbocycles. The molecule has 3 aromatic rings. The van der Waals surface area contributed by atoms with Crippen molar-refractivity contribution in [3.63, 3.8) is 0 Å². The zero-order valence-corrected chi connectivity index (χ0v) is 29.3. The molecule has 16 heteroatoms. The average Bonchev–Trinajstić information content (AvgIpc) is 3.59. The van der Waals surface area contributed by atoms with Crippen LogP contribution in [-0.4, -0.2) is 69.6 Å². The van der Waals surface area contributed by atoms with Crippen LogP contribution in [0.2, 0.25) is 0 Å². The first-order valence-electron chi connectivity index (χ1n) is 16.4. The molecule has 6 atom stereocenters. The topological polar surface area (TPSA) is 192 Å². The maximum atomic E-state index is 14.4. The Hall–Kier alpha value is -4.04. The van der Waals surface area contributed by atoms with Crippen molar-refractivity contribution >= 4 is 37.0 Å². The number of carbonyl (C=O) groups is 3. The van der Waals surface area contributed by atoms with Crippen LogP contribution in [0, 0.1) is 11.8 Å². The second kappa shape index (κ2) is 14.8. The van der Waals surface area contributed by atoms with Gasteiger partial charge in [0.05, 0.1) is 24.1 Å². The molecule has 3 N–H and O–H groups in total. The van der Waals surface area contributed by atoms with Crippen LogP contribution >= 0.6 is 7.75 Å². The van der Waals surface area contributed by atoms with E-state index in [1.54, 1.807) is 77.1 Å². The van der Waals surface area contributed by atoms with Gasteiger partial charge in [-0.25, -0.2) is 14.1 Å². The number of nitrogen functional groups attached to an aromatic ring is 1. The number of hydrogen-bond donors (Lipinski definition) is 2. The van der Waals surface area contributed by atoms with Crippen LogP contribution in [-0.2, 0) is 48.0 Å². The lowest BCUT2D eigenvalue weighted by Gasteiger charge is -2.31. The second-order valence-electron chi connectivity index (χ2n) is 13.0. The Morgan fingerprint density at radius 2 is 1.67 bits per heavy atom. The Labute approximate surface area is 284 Å². The monoisotopic (exact) mass is 701 g/mol. The quantitative estimate of drug-likeness (QED) is 0.137. The number of anilines is 1. The highest BCUT2D eigenvalue weighted by Crippen LogP contribution is 2.48. The summed E-state index contributed by atoms with van der Waals surface area (Å²) in [6, 6.07) is 10.6. The summed E-state index contributed by atoms with van der Waals surface area (Å²) in [5.41, 5.74) is 5.50. The van der Waals surface area contributed by atoms with Gasteiger partial charge in [0.25, 0.3) is 0 Å². The summed E-state index contributed by atoms with van der Waals surface area (Å²) in [4.78, 5) is 43.1. The smallest absolute Gasteiger partial charge is 0.459 e. The molecule has 0 bridgehead atoms. The predicted octanol–water partition coefficient (Wildman–Crippen LogP) is 4.34. The van der Waals surface area contributed by atoms with Crippen LogP contribution in [0.25, 0.3) is 5.52 Å². The van der Waals surface area contributed by atoms with Crippen LogP contribution in [0.4, 0.5) is 5.82 Å². The number of aromatic nitrogens is 3. The number of hydrogen-bond acceptors (Lipinski definition) is 13. The van der Waals surface area contributed by atoms with Gasteiger partial charge in [-0.15, -0.1) is 0 Å². The number of fused-ring (bicyclic) bond motifs is 1. The fourth-order valence-electron chi connectivity index (χ4n) is 5.40. The maximum absolute atomic E-state index is 14.4. The molecule has 5 rings (SSSR count). The van der Waals surface area contributed by atoms with Crippen molar-refractivity contribution in [1.29, 1.82) is 0 Å². The van der Waals surface area contributed by atoms with E-state index in [2.05, 4.69) is 15.2 Å². The summed E-state index contributed by atoms with van der Waals surface area (Å²) in [7, 11) is -4.35. The Balaban J connectivity index is 1.49. The van der Waals surface area contributed by atoms with Crippen LogP contribution in [0.15, 0.2) is 48.8 Å². The number of carbonyl (C=O) groups excluding carboxylic acids is 3. The summed E-state index contributed by atoms with van der Waals surface area (Å²) in [5.74, 6) is -2.44. The molecule has 1 aromatic carbocycles. The number of esters is 3. The fraction of sp³-hybridized carbons (Fsp3) is 0.545. The molecule has 1 unspecified atom stereocenters. The highest BCUT2D eigenvalue weighted by atomic mass is 31.2. The highest BCUT2D eigenvalue weighted by Gasteiger charge is 2.59. The second-order valence-corrected chi connectivity index (χ2v) is 14.7. The van der Waals surface area contributed by atoms with Gasteiger partial charge >= 0.3 is 25.7 Å². The van der Waals surface area contributed by atoms with Crippen molar-refractivity contribution in [3.05, 3.63) is 54.5 Å². The summed E-state index contributed by atoms with van der Waals surface area (Å²) in [6.07, 6.45) is -0.0349. The fourth-order valence-corrected chi connectivity index (χ4v) is 6.90. The van der Waals surface area contributed by atoms with E-state index in [9.17, 15) is 18.9 Å². The molecule has 1 saturated carbocycles. The van der Waals surface area contributed by atoms with Crippen molar-refractivity contribution in [1.82, 2.24) is 19.7 Å². The Morgan fingerprint density at radius 3 is 2.31 bits per heavy atom. The van der Waals surface area contributed by atoms with E-state index in [0.29, 0.717) is 11.2 Å². The first-order chi connectivity index (χ1) is 23.2. The van der Waals surface area contributed by atoms with Gasteiger partial charge in [-0.1, -0.05) is 45.9 Å². The minimum atomic E-state index is -4.35. The first kappa shape index (κ1) is 36.2. The summed E-state index contributed by atoms with van der Waals surface area (Å²) in [5, 5.41) is 7.02. The largest absolute Gasteiger partial charge is 0.461 e. The van der Waals surface area contributed by atoms with Gasteiger partial charge in [-0.3, -0.25) is 18.9 Å². The normalized spacial score (nSPS) is 24.3. The molecule has 1 aliphatic heterocycles. The zero-order chi connectivity index (χ0) is 35.5. The van der Waals surface area contributed by atoms with E-state index in [-0.39, 0.29) is 17.7 Å². The molecular formula is C33H44N5O10P. The van der Waals surface area contributed by atoms with Gasteiger partial charge in [0.2, 0.25) is 0 Å². The summed E-state index contributed by atoms with van der Waals surface area (Å²) < 4.78 is 51.8. The van der Waals surface area contributed by atoms with Gasteiger partial charge in [-0.05, 0) is 57.4 Å². The number of rotatable bonds is 14. The van der Waals surface area contributed by atoms with Crippen molar-refractivity contribution in [2.45, 2.75) is 96.9 Å². The van der Waals surface area contributed by atoms with Crippen molar-refractivity contribution in [3.8, 4) is 5.75 Å². The van der Waals surface area contributed by atoms with E-state index in [1.807, 2.05) is 0 Å². The third kappa shape index (κ3) is 8.07. The lowest BCUT2D eigenvalue weighted by Crippen LogP contribution is -2.46. The van der Waals surface area contributed by atoms with E-state index >= 15 is 0 Å². The van der Waals surface area contributed by atoms with Gasteiger partial charge in [0.1, 0.15) is 41.4 Å². The Bertz CT molecular complexity index is 1700. The number of nitrogens with two attached hydrogens (primary N) is 1. The molecule has 2 aliphatic rings. The van der Waals surface area contributed by atoms with Crippen LogP contribution in [0.1, 0.15) is 66.5 Å². The van der Waals surface area contributed by atoms with Gasteiger partial charge in [0, 0.05) is 0 Å². The van der Waals surface area contributed by atoms with Crippen molar-refractivity contribution < 1.29 is 46.9 Å². The van der Waals surface area contributed by atoms with E-state index in [4.69, 9.17) is 33.7 Å². The number of nitrogens with one attached hydrogen (secondary N) is 1.